The van der Waals surface area contributed by atoms with E-state index in [-0.39, 0.29) is 11.7 Å². The second kappa shape index (κ2) is 9.84. The van der Waals surface area contributed by atoms with Gasteiger partial charge in [-0.3, -0.25) is 10.1 Å². The predicted molar refractivity (Wildman–Crippen MR) is 98.7 cm³/mol. The number of rotatable bonds is 8. The van der Waals surface area contributed by atoms with Crippen LogP contribution in [0, 0.1) is 0 Å². The third-order valence-electron chi connectivity index (χ3n) is 2.75. The molecule has 0 aliphatic heterocycles. The van der Waals surface area contributed by atoms with Crippen molar-refractivity contribution in [2.24, 2.45) is 0 Å². The molecule has 0 unspecified atom stereocenters. The van der Waals surface area contributed by atoms with Gasteiger partial charge >= 0.3 is 6.03 Å². The molecule has 0 fully saturated rings. The number of nitrogens with zero attached hydrogens (tertiary/aromatic N) is 2. The number of nitrogens with one attached hydrogen (secondary N) is 3. The van der Waals surface area contributed by atoms with E-state index in [1.807, 2.05) is 31.2 Å². The summed E-state index contributed by atoms with van der Waals surface area (Å²) in [7, 11) is 0. The van der Waals surface area contributed by atoms with Crippen LogP contribution in [0.5, 0.6) is 5.75 Å². The number of para-hydroxylation sites is 2. The SMILES string of the molecule is CCNC(=O)NC(=O)CSc1nnc(Nc2ccccc2OCC)s1. The van der Waals surface area contributed by atoms with Gasteiger partial charge in [-0.25, -0.2) is 4.79 Å². The van der Waals surface area contributed by atoms with E-state index in [9.17, 15) is 9.59 Å². The van der Waals surface area contributed by atoms with E-state index < -0.39 is 6.03 Å². The van der Waals surface area contributed by atoms with Crippen molar-refractivity contribution in [3.05, 3.63) is 24.3 Å². The monoisotopic (exact) mass is 381 g/mol. The average molecular weight is 381 g/mol. The van der Waals surface area contributed by atoms with E-state index in [0.717, 1.165) is 11.4 Å². The maximum atomic E-state index is 11.6. The van der Waals surface area contributed by atoms with Gasteiger partial charge < -0.3 is 15.4 Å². The van der Waals surface area contributed by atoms with E-state index in [0.29, 0.717) is 22.6 Å². The molecular formula is C15H19N5O3S2. The molecule has 0 radical (unpaired) electrons. The van der Waals surface area contributed by atoms with E-state index in [2.05, 4.69) is 26.1 Å². The summed E-state index contributed by atoms with van der Waals surface area (Å²) >= 11 is 2.54. The number of hydrogen-bond acceptors (Lipinski definition) is 8. The van der Waals surface area contributed by atoms with Gasteiger partial charge in [0.2, 0.25) is 11.0 Å². The molecule has 0 atom stereocenters. The van der Waals surface area contributed by atoms with E-state index >= 15 is 0 Å². The highest BCUT2D eigenvalue weighted by atomic mass is 32.2. The highest BCUT2D eigenvalue weighted by Gasteiger charge is 2.11. The quantitative estimate of drug-likeness (QED) is 0.604. The van der Waals surface area contributed by atoms with Crippen molar-refractivity contribution in [2.45, 2.75) is 18.2 Å². The number of urea groups is 1. The van der Waals surface area contributed by atoms with Crippen LogP contribution in [0.15, 0.2) is 28.6 Å². The Labute approximate surface area is 153 Å². The molecule has 1 heterocycles. The van der Waals surface area contributed by atoms with E-state index in [1.165, 1.54) is 23.1 Å². The number of ether oxygens (including phenoxy) is 1. The molecule has 0 aliphatic carbocycles. The largest absolute Gasteiger partial charge is 0.492 e. The molecule has 10 heteroatoms. The predicted octanol–water partition coefficient (Wildman–Crippen LogP) is 2.62. The number of amides is 3. The summed E-state index contributed by atoms with van der Waals surface area (Å²) in [6.45, 7) is 4.72. The molecule has 0 spiro atoms. The number of thioether (sulfide) groups is 1. The van der Waals surface area contributed by atoms with Crippen LogP contribution in [0.4, 0.5) is 15.6 Å². The fourth-order valence-corrected chi connectivity index (χ4v) is 3.34. The van der Waals surface area contributed by atoms with Gasteiger partial charge in [-0.05, 0) is 26.0 Å². The molecule has 25 heavy (non-hydrogen) atoms. The second-order valence-electron chi connectivity index (χ2n) is 4.62. The van der Waals surface area contributed by atoms with Gasteiger partial charge in [0.25, 0.3) is 0 Å². The molecule has 8 nitrogen and oxygen atoms in total. The minimum absolute atomic E-state index is 0.0846. The Balaban J connectivity index is 1.88. The van der Waals surface area contributed by atoms with Crippen molar-refractivity contribution >= 4 is 45.9 Å². The number of aromatic nitrogens is 2. The van der Waals surface area contributed by atoms with Crippen LogP contribution in [0.3, 0.4) is 0 Å². The molecular weight excluding hydrogens is 362 g/mol. The highest BCUT2D eigenvalue weighted by molar-refractivity contribution is 8.01. The summed E-state index contributed by atoms with van der Waals surface area (Å²) in [5, 5.41) is 16.6. The van der Waals surface area contributed by atoms with Gasteiger partial charge in [0.15, 0.2) is 4.34 Å². The summed E-state index contributed by atoms with van der Waals surface area (Å²) < 4.78 is 6.18. The summed E-state index contributed by atoms with van der Waals surface area (Å²) in [5.74, 6) is 0.430. The number of imide groups is 1. The first-order chi connectivity index (χ1) is 12.1. The van der Waals surface area contributed by atoms with Crippen LogP contribution in [0.25, 0.3) is 0 Å². The van der Waals surface area contributed by atoms with Crippen molar-refractivity contribution in [1.82, 2.24) is 20.8 Å². The van der Waals surface area contributed by atoms with Crippen LogP contribution in [0.1, 0.15) is 13.8 Å². The van der Waals surface area contributed by atoms with Crippen molar-refractivity contribution in [1.29, 1.82) is 0 Å². The van der Waals surface area contributed by atoms with Crippen LogP contribution >= 0.6 is 23.1 Å². The fraction of sp³-hybridized carbons (Fsp3) is 0.333. The van der Waals surface area contributed by atoms with Crippen LogP contribution in [0.2, 0.25) is 0 Å². The molecule has 1 aromatic carbocycles. The van der Waals surface area contributed by atoms with E-state index in [4.69, 9.17) is 4.74 Å². The van der Waals surface area contributed by atoms with Crippen molar-refractivity contribution in [3.63, 3.8) is 0 Å². The lowest BCUT2D eigenvalue weighted by atomic mass is 10.3. The minimum atomic E-state index is -0.500. The average Bonchev–Trinajstić information content (AvgIpc) is 3.03. The molecule has 0 saturated carbocycles. The van der Waals surface area contributed by atoms with Crippen LogP contribution in [-0.2, 0) is 4.79 Å². The normalized spacial score (nSPS) is 10.2. The lowest BCUT2D eigenvalue weighted by molar-refractivity contribution is -0.117. The summed E-state index contributed by atoms with van der Waals surface area (Å²) in [5.41, 5.74) is 0.797. The number of anilines is 2. The van der Waals surface area contributed by atoms with Gasteiger partial charge in [0, 0.05) is 6.54 Å². The molecule has 0 bridgehead atoms. The van der Waals surface area contributed by atoms with Gasteiger partial charge in [-0.1, -0.05) is 35.2 Å². The minimum Gasteiger partial charge on any atom is -0.492 e. The summed E-state index contributed by atoms with van der Waals surface area (Å²) in [4.78, 5) is 22.9. The molecule has 0 aliphatic rings. The maximum Gasteiger partial charge on any atom is 0.321 e. The molecule has 1 aromatic heterocycles. The molecule has 2 aromatic rings. The zero-order chi connectivity index (χ0) is 18.1. The van der Waals surface area contributed by atoms with Crippen LogP contribution < -0.4 is 20.7 Å². The number of benzene rings is 1. The first kappa shape index (κ1) is 19.0. The van der Waals surface area contributed by atoms with Gasteiger partial charge in [-0.15, -0.1) is 10.2 Å². The van der Waals surface area contributed by atoms with Crippen molar-refractivity contribution in [2.75, 3.05) is 24.2 Å². The Kier molecular flexibility index (Phi) is 7.48. The standard InChI is InChI=1S/C15H19N5O3S2/c1-3-16-13(22)18-12(21)9-24-15-20-19-14(25-15)17-10-7-5-6-8-11(10)23-4-2/h5-8H,3-4,9H2,1-2H3,(H,17,19)(H2,16,18,21,22). The zero-order valence-corrected chi connectivity index (χ0v) is 15.5. The number of carbonyl (C=O) groups excluding carboxylic acids is 2. The highest BCUT2D eigenvalue weighted by Crippen LogP contribution is 2.31. The Morgan fingerprint density at radius 3 is 2.80 bits per heavy atom. The fourth-order valence-electron chi connectivity index (χ4n) is 1.78. The molecule has 3 amide bonds. The Morgan fingerprint density at radius 1 is 1.24 bits per heavy atom. The first-order valence-corrected chi connectivity index (χ1v) is 9.45. The summed E-state index contributed by atoms with van der Waals surface area (Å²) in [6, 6.07) is 7.05. The molecule has 3 N–H and O–H groups in total. The maximum absolute atomic E-state index is 11.6. The lowest BCUT2D eigenvalue weighted by Crippen LogP contribution is -2.40. The van der Waals surface area contributed by atoms with Crippen LogP contribution in [-0.4, -0.2) is 41.0 Å². The molecule has 2 rings (SSSR count). The Hall–Kier alpha value is -2.33. The van der Waals surface area contributed by atoms with Gasteiger partial charge in [-0.2, -0.15) is 0 Å². The zero-order valence-electron chi connectivity index (χ0n) is 13.9. The number of carbonyl (C=O) groups is 2. The van der Waals surface area contributed by atoms with Crippen molar-refractivity contribution < 1.29 is 14.3 Å². The van der Waals surface area contributed by atoms with Gasteiger partial charge in [0.05, 0.1) is 18.0 Å². The topological polar surface area (TPSA) is 105 Å². The number of hydrogen-bond donors (Lipinski definition) is 3. The third-order valence-corrected chi connectivity index (χ3v) is 4.72. The van der Waals surface area contributed by atoms with Crippen molar-refractivity contribution in [3.8, 4) is 5.75 Å². The summed E-state index contributed by atoms with van der Waals surface area (Å²) in [6.07, 6.45) is 0. The third kappa shape index (κ3) is 6.24. The first-order valence-electron chi connectivity index (χ1n) is 7.65. The molecule has 134 valence electrons. The van der Waals surface area contributed by atoms with E-state index in [1.54, 1.807) is 6.92 Å². The molecule has 0 saturated heterocycles. The van der Waals surface area contributed by atoms with Gasteiger partial charge in [0.1, 0.15) is 5.75 Å². The Morgan fingerprint density at radius 2 is 2.04 bits per heavy atom. The Bertz CT molecular complexity index is 723. The lowest BCUT2D eigenvalue weighted by Gasteiger charge is -2.09. The second-order valence-corrected chi connectivity index (χ2v) is 6.82. The smallest absolute Gasteiger partial charge is 0.321 e.